The highest BCUT2D eigenvalue weighted by atomic mass is 16.2. The number of fused-ring (bicyclic) bond motifs is 1. The highest BCUT2D eigenvalue weighted by Gasteiger charge is 2.24. The zero-order chi connectivity index (χ0) is 28.7. The number of carbonyl (C=O) groups is 3. The molecule has 2 aromatic carbocycles. The van der Waals surface area contributed by atoms with Gasteiger partial charge in [0.15, 0.2) is 0 Å². The Labute approximate surface area is 234 Å². The standard InChI is InChI=1S/C29H40N8O3/c30-14-17-37(18-15-31)29(40)33-16-6-10-24(32)27(38)36-26(13-12-21-7-2-1-3-8-21)28(39)35-23-19-22-9-4-5-11-25(22)34-20-23/h1-5,7-9,11,19-20,24,26H,6,10,12-18,30-32H2,(H,33,40)(H,35,39)(H,36,38). The summed E-state index contributed by atoms with van der Waals surface area (Å²) < 4.78 is 0. The van der Waals surface area contributed by atoms with Crippen LogP contribution in [0.1, 0.15) is 24.8 Å². The summed E-state index contributed by atoms with van der Waals surface area (Å²) in [5, 5.41) is 9.41. The van der Waals surface area contributed by atoms with E-state index < -0.39 is 18.0 Å². The fourth-order valence-electron chi connectivity index (χ4n) is 4.26. The molecule has 0 aliphatic carbocycles. The molecule has 0 radical (unpaired) electrons. The second-order valence-corrected chi connectivity index (χ2v) is 9.54. The van der Waals surface area contributed by atoms with Crippen molar-refractivity contribution >= 4 is 34.4 Å². The van der Waals surface area contributed by atoms with Crippen molar-refractivity contribution in [3.8, 4) is 0 Å². The number of nitrogens with one attached hydrogen (secondary N) is 3. The number of benzene rings is 2. The van der Waals surface area contributed by atoms with E-state index in [-0.39, 0.29) is 11.9 Å². The van der Waals surface area contributed by atoms with Crippen LogP contribution in [-0.4, -0.2) is 72.5 Å². The molecule has 0 spiro atoms. The van der Waals surface area contributed by atoms with Gasteiger partial charge < -0.3 is 38.1 Å². The van der Waals surface area contributed by atoms with Crippen LogP contribution < -0.4 is 33.2 Å². The number of nitrogens with zero attached hydrogens (tertiary/aromatic N) is 2. The van der Waals surface area contributed by atoms with E-state index in [1.807, 2.05) is 60.7 Å². The van der Waals surface area contributed by atoms with E-state index in [1.165, 1.54) is 0 Å². The first-order valence-corrected chi connectivity index (χ1v) is 13.6. The number of amides is 4. The Morgan fingerprint density at radius 1 is 0.900 bits per heavy atom. The molecule has 0 bridgehead atoms. The summed E-state index contributed by atoms with van der Waals surface area (Å²) in [6.45, 7) is 1.85. The molecule has 0 fully saturated rings. The van der Waals surface area contributed by atoms with Crippen molar-refractivity contribution < 1.29 is 14.4 Å². The van der Waals surface area contributed by atoms with Crippen LogP contribution in [0.3, 0.4) is 0 Å². The third kappa shape index (κ3) is 9.60. The molecule has 0 aliphatic rings. The Morgan fingerprint density at radius 3 is 2.33 bits per heavy atom. The molecule has 0 saturated heterocycles. The smallest absolute Gasteiger partial charge is 0.317 e. The SMILES string of the molecule is NCCN(CCN)C(=O)NCCCC(N)C(=O)NC(CCc1ccccc1)C(=O)Nc1cnc2ccccc2c1. The summed E-state index contributed by atoms with van der Waals surface area (Å²) in [5.74, 6) is -0.773. The van der Waals surface area contributed by atoms with E-state index in [1.54, 1.807) is 11.1 Å². The molecular formula is C29H40N8O3. The lowest BCUT2D eigenvalue weighted by Crippen LogP contribution is -2.50. The average Bonchev–Trinajstić information content (AvgIpc) is 2.97. The minimum atomic E-state index is -0.838. The molecule has 40 heavy (non-hydrogen) atoms. The summed E-state index contributed by atoms with van der Waals surface area (Å²) in [7, 11) is 0. The summed E-state index contributed by atoms with van der Waals surface area (Å²) >= 11 is 0. The minimum absolute atomic E-state index is 0.255. The molecule has 2 unspecified atom stereocenters. The molecule has 9 N–H and O–H groups in total. The number of urea groups is 1. The van der Waals surface area contributed by atoms with Crippen LogP contribution >= 0.6 is 0 Å². The number of para-hydroxylation sites is 1. The van der Waals surface area contributed by atoms with Gasteiger partial charge in [-0.2, -0.15) is 0 Å². The summed E-state index contributed by atoms with van der Waals surface area (Å²) in [5.41, 5.74) is 19.7. The molecule has 3 rings (SSSR count). The monoisotopic (exact) mass is 548 g/mol. The van der Waals surface area contributed by atoms with Crippen molar-refractivity contribution in [1.29, 1.82) is 0 Å². The van der Waals surface area contributed by atoms with Gasteiger partial charge in [-0.15, -0.1) is 0 Å². The number of aryl methyl sites for hydroxylation is 1. The quantitative estimate of drug-likeness (QED) is 0.155. The number of anilines is 1. The third-order valence-electron chi connectivity index (χ3n) is 6.45. The molecule has 11 heteroatoms. The van der Waals surface area contributed by atoms with Gasteiger partial charge in [0, 0.05) is 38.1 Å². The number of carbonyl (C=O) groups excluding carboxylic acids is 3. The van der Waals surface area contributed by atoms with E-state index in [2.05, 4.69) is 20.9 Å². The second kappa shape index (κ2) is 16.1. The van der Waals surface area contributed by atoms with E-state index >= 15 is 0 Å². The van der Waals surface area contributed by atoms with Crippen LogP contribution in [0.2, 0.25) is 0 Å². The fraction of sp³-hybridized carbons (Fsp3) is 0.379. The molecule has 0 saturated carbocycles. The highest BCUT2D eigenvalue weighted by molar-refractivity contribution is 5.98. The molecule has 0 aliphatic heterocycles. The molecular weight excluding hydrogens is 508 g/mol. The van der Waals surface area contributed by atoms with Crippen molar-refractivity contribution in [2.24, 2.45) is 17.2 Å². The molecule has 1 heterocycles. The van der Waals surface area contributed by atoms with Crippen LogP contribution in [0.4, 0.5) is 10.5 Å². The highest BCUT2D eigenvalue weighted by Crippen LogP contribution is 2.17. The van der Waals surface area contributed by atoms with Gasteiger partial charge in [-0.25, -0.2) is 4.79 Å². The number of aromatic nitrogens is 1. The topological polar surface area (TPSA) is 181 Å². The molecule has 3 aromatic rings. The largest absolute Gasteiger partial charge is 0.343 e. The van der Waals surface area contributed by atoms with Crippen molar-refractivity contribution in [1.82, 2.24) is 20.5 Å². The molecule has 4 amide bonds. The molecule has 1 aromatic heterocycles. The first kappa shape index (κ1) is 30.5. The summed E-state index contributed by atoms with van der Waals surface area (Å²) in [6, 6.07) is 17.3. The maximum Gasteiger partial charge on any atom is 0.317 e. The Bertz CT molecular complexity index is 1230. The number of hydrogen-bond acceptors (Lipinski definition) is 7. The van der Waals surface area contributed by atoms with Gasteiger partial charge in [0.1, 0.15) is 6.04 Å². The van der Waals surface area contributed by atoms with Crippen molar-refractivity contribution in [3.63, 3.8) is 0 Å². The molecule has 11 nitrogen and oxygen atoms in total. The van der Waals surface area contributed by atoms with Crippen LogP contribution in [0.25, 0.3) is 10.9 Å². The van der Waals surface area contributed by atoms with E-state index in [9.17, 15) is 14.4 Å². The molecule has 214 valence electrons. The number of nitrogens with two attached hydrogens (primary N) is 3. The first-order chi connectivity index (χ1) is 19.4. The Kier molecular flexibility index (Phi) is 12.3. The first-order valence-electron chi connectivity index (χ1n) is 13.6. The van der Waals surface area contributed by atoms with Crippen LogP contribution in [0, 0.1) is 0 Å². The number of hydrogen-bond donors (Lipinski definition) is 6. The van der Waals surface area contributed by atoms with Gasteiger partial charge in [0.25, 0.3) is 0 Å². The Hall–Kier alpha value is -4.06. The van der Waals surface area contributed by atoms with Crippen LogP contribution in [0.15, 0.2) is 66.9 Å². The zero-order valence-corrected chi connectivity index (χ0v) is 22.7. The predicted molar refractivity (Wildman–Crippen MR) is 157 cm³/mol. The van der Waals surface area contributed by atoms with E-state index in [0.29, 0.717) is 64.1 Å². The van der Waals surface area contributed by atoms with Crippen molar-refractivity contribution in [2.75, 3.05) is 38.0 Å². The van der Waals surface area contributed by atoms with Gasteiger partial charge in [0.05, 0.1) is 23.4 Å². The van der Waals surface area contributed by atoms with Crippen molar-refractivity contribution in [3.05, 3.63) is 72.4 Å². The molecule has 2 atom stereocenters. The summed E-state index contributed by atoms with van der Waals surface area (Å²) in [4.78, 5) is 44.4. The lowest BCUT2D eigenvalue weighted by atomic mass is 10.0. The average molecular weight is 549 g/mol. The van der Waals surface area contributed by atoms with E-state index in [0.717, 1.165) is 16.5 Å². The predicted octanol–water partition coefficient (Wildman–Crippen LogP) is 1.33. The van der Waals surface area contributed by atoms with Gasteiger partial charge >= 0.3 is 6.03 Å². The van der Waals surface area contributed by atoms with E-state index in [4.69, 9.17) is 17.2 Å². The van der Waals surface area contributed by atoms with Gasteiger partial charge in [0.2, 0.25) is 11.8 Å². The Balaban J connectivity index is 1.56. The second-order valence-electron chi connectivity index (χ2n) is 9.54. The normalized spacial score (nSPS) is 12.4. The lowest BCUT2D eigenvalue weighted by Gasteiger charge is -2.22. The summed E-state index contributed by atoms with van der Waals surface area (Å²) in [6.07, 6.45) is 3.41. The van der Waals surface area contributed by atoms with Gasteiger partial charge in [-0.1, -0.05) is 48.5 Å². The number of rotatable bonds is 15. The lowest BCUT2D eigenvalue weighted by molar-refractivity contribution is -0.127. The third-order valence-corrected chi connectivity index (χ3v) is 6.45. The van der Waals surface area contributed by atoms with Gasteiger partial charge in [-0.3, -0.25) is 14.6 Å². The van der Waals surface area contributed by atoms with Crippen LogP contribution in [0.5, 0.6) is 0 Å². The Morgan fingerprint density at radius 2 is 1.60 bits per heavy atom. The minimum Gasteiger partial charge on any atom is -0.343 e. The van der Waals surface area contributed by atoms with Crippen LogP contribution in [-0.2, 0) is 16.0 Å². The maximum atomic E-state index is 13.3. The fourth-order valence-corrected chi connectivity index (χ4v) is 4.26. The zero-order valence-electron chi connectivity index (χ0n) is 22.7. The van der Waals surface area contributed by atoms with Crippen molar-refractivity contribution in [2.45, 2.75) is 37.8 Å². The van der Waals surface area contributed by atoms with Gasteiger partial charge in [-0.05, 0) is 43.4 Å². The maximum absolute atomic E-state index is 13.3. The number of pyridine rings is 1.